The van der Waals surface area contributed by atoms with Crippen molar-refractivity contribution in [2.24, 2.45) is 11.8 Å². The highest BCUT2D eigenvalue weighted by Gasteiger charge is 2.39. The number of rotatable bonds is 9. The molecule has 16 heteroatoms. The molecule has 4 heterocycles. The molecule has 1 atom stereocenters. The number of benzene rings is 2. The molecule has 2 aromatic rings. The molecule has 4 N–H and O–H groups in total. The Morgan fingerprint density at radius 3 is 2.20 bits per heavy atom. The number of anilines is 2. The Labute approximate surface area is 317 Å². The van der Waals surface area contributed by atoms with E-state index in [-0.39, 0.29) is 48.6 Å². The highest BCUT2D eigenvalue weighted by atomic mass is 35.5. The van der Waals surface area contributed by atoms with Crippen molar-refractivity contribution in [3.05, 3.63) is 58.1 Å². The third kappa shape index (κ3) is 9.52. The number of likely N-dealkylation sites (tertiary alicyclic amines) is 3. The number of fused-ring (bicyclic) bond motifs is 1. The summed E-state index contributed by atoms with van der Waals surface area (Å²) in [6.07, 6.45) is -2.10. The van der Waals surface area contributed by atoms with Gasteiger partial charge in [-0.05, 0) is 99.2 Å². The lowest BCUT2D eigenvalue weighted by atomic mass is 9.78. The number of alkyl halides is 3. The van der Waals surface area contributed by atoms with E-state index in [4.69, 9.17) is 27.2 Å². The normalized spacial score (nSPS) is 20.2. The van der Waals surface area contributed by atoms with Gasteiger partial charge in [0.2, 0.25) is 0 Å². The second-order valence-corrected chi connectivity index (χ2v) is 15.3. The molecule has 6 rings (SSSR count). The summed E-state index contributed by atoms with van der Waals surface area (Å²) in [5, 5.41) is 11.7. The van der Waals surface area contributed by atoms with Gasteiger partial charge in [-0.15, -0.1) is 0 Å². The number of hydrogen-bond acceptors (Lipinski definition) is 7. The fourth-order valence-corrected chi connectivity index (χ4v) is 8.65. The minimum absolute atomic E-state index is 0.0594. The second-order valence-electron chi connectivity index (χ2n) is 14.8. The number of ether oxygens (including phenoxy) is 1. The van der Waals surface area contributed by atoms with E-state index in [1.165, 1.54) is 11.0 Å². The number of hydrogen-bond donors (Lipinski definition) is 3. The van der Waals surface area contributed by atoms with E-state index in [2.05, 4.69) is 10.2 Å². The fourth-order valence-electron chi connectivity index (χ4n) is 8.41. The van der Waals surface area contributed by atoms with Gasteiger partial charge >= 0.3 is 24.3 Å². The van der Waals surface area contributed by atoms with Crippen LogP contribution in [0, 0.1) is 11.8 Å². The van der Waals surface area contributed by atoms with Gasteiger partial charge in [0.05, 0.1) is 22.7 Å². The first-order valence-electron chi connectivity index (χ1n) is 18.8. The van der Waals surface area contributed by atoms with E-state index < -0.39 is 41.5 Å². The molecule has 3 fully saturated rings. The Hall–Kier alpha value is -4.24. The number of nitrogens with zero attached hydrogens (tertiary/aromatic N) is 4. The van der Waals surface area contributed by atoms with Gasteiger partial charge in [-0.2, -0.15) is 13.2 Å². The average Bonchev–Trinajstić information content (AvgIpc) is 3.32. The highest BCUT2D eigenvalue weighted by molar-refractivity contribution is 6.33. The Morgan fingerprint density at radius 2 is 1.56 bits per heavy atom. The van der Waals surface area contributed by atoms with Gasteiger partial charge in [-0.3, -0.25) is 9.59 Å². The van der Waals surface area contributed by atoms with Gasteiger partial charge in [0, 0.05) is 57.4 Å². The Bertz CT molecular complexity index is 1690. The average molecular weight is 777 g/mol. The Kier molecular flexibility index (Phi) is 12.5. The van der Waals surface area contributed by atoms with Crippen LogP contribution in [0.25, 0.3) is 0 Å². The molecule has 4 aliphatic rings. The first kappa shape index (κ1) is 39.5. The summed E-state index contributed by atoms with van der Waals surface area (Å²) in [5.74, 6) is -0.465. The summed E-state index contributed by atoms with van der Waals surface area (Å²) in [7, 11) is 0. The van der Waals surface area contributed by atoms with Crippen molar-refractivity contribution >= 4 is 47.0 Å². The summed E-state index contributed by atoms with van der Waals surface area (Å²) >= 11 is 6.12. The molecule has 12 nitrogen and oxygen atoms in total. The van der Waals surface area contributed by atoms with Gasteiger partial charge in [0.15, 0.2) is 6.10 Å². The minimum Gasteiger partial charge on any atom is -0.481 e. The van der Waals surface area contributed by atoms with Gasteiger partial charge in [-0.1, -0.05) is 29.8 Å². The zero-order valence-electron chi connectivity index (χ0n) is 30.2. The molecular weight excluding hydrogens is 729 g/mol. The number of carbonyl (C=O) groups excluding carboxylic acids is 3. The van der Waals surface area contributed by atoms with Crippen molar-refractivity contribution in [1.82, 2.24) is 19.6 Å². The van der Waals surface area contributed by atoms with E-state index in [0.29, 0.717) is 57.3 Å². The number of halogens is 4. The molecule has 0 radical (unpaired) electrons. The summed E-state index contributed by atoms with van der Waals surface area (Å²) in [6, 6.07) is 9.46. The van der Waals surface area contributed by atoms with E-state index in [0.717, 1.165) is 56.1 Å². The monoisotopic (exact) mass is 776 g/mol. The zero-order valence-corrected chi connectivity index (χ0v) is 30.9. The number of nitrogens with one attached hydrogen (secondary N) is 1. The second kappa shape index (κ2) is 17.1. The Balaban J connectivity index is 1.09. The molecule has 3 saturated heterocycles. The van der Waals surface area contributed by atoms with Crippen LogP contribution in [-0.2, 0) is 33.3 Å². The SMILES string of the molecule is Nc1c(Cl)cc(CC(OC(=O)N2CCC(N3CCc4ccccc4NC3=O)CC2)C(=O)N2CCC(C3CCN(CCC(=O)O)CC3)CC2)cc1C(F)(F)F. The molecule has 0 aliphatic carbocycles. The van der Waals surface area contributed by atoms with Gasteiger partial charge < -0.3 is 40.5 Å². The fraction of sp³-hybridized carbons (Fsp3) is 0.579. The molecule has 0 spiro atoms. The van der Waals surface area contributed by atoms with Crippen molar-refractivity contribution in [3.63, 3.8) is 0 Å². The van der Waals surface area contributed by atoms with E-state index in [1.807, 2.05) is 24.3 Å². The number of nitrogen functional groups attached to an aromatic ring is 1. The smallest absolute Gasteiger partial charge is 0.418 e. The first-order chi connectivity index (χ1) is 25.8. The van der Waals surface area contributed by atoms with Gasteiger partial charge in [-0.25, -0.2) is 9.59 Å². The van der Waals surface area contributed by atoms with Crippen LogP contribution >= 0.6 is 11.6 Å². The highest BCUT2D eigenvalue weighted by Crippen LogP contribution is 2.39. The molecule has 2 aromatic carbocycles. The largest absolute Gasteiger partial charge is 0.481 e. The molecule has 0 bridgehead atoms. The minimum atomic E-state index is -4.79. The summed E-state index contributed by atoms with van der Waals surface area (Å²) in [6.45, 7) is 4.09. The van der Waals surface area contributed by atoms with Crippen molar-refractivity contribution in [2.75, 3.05) is 63.4 Å². The van der Waals surface area contributed by atoms with Crippen LogP contribution in [-0.4, -0.2) is 113 Å². The first-order valence-corrected chi connectivity index (χ1v) is 19.1. The molecule has 294 valence electrons. The van der Waals surface area contributed by atoms with E-state index >= 15 is 0 Å². The molecule has 54 heavy (non-hydrogen) atoms. The van der Waals surface area contributed by atoms with Gasteiger partial charge in [0.1, 0.15) is 0 Å². The van der Waals surface area contributed by atoms with Crippen LogP contribution in [0.5, 0.6) is 0 Å². The van der Waals surface area contributed by atoms with Crippen LogP contribution in [0.1, 0.15) is 61.6 Å². The lowest BCUT2D eigenvalue weighted by Crippen LogP contribution is -2.52. The van der Waals surface area contributed by atoms with Crippen LogP contribution < -0.4 is 11.1 Å². The number of piperidine rings is 3. The number of nitrogens with two attached hydrogens (primary N) is 1. The van der Waals surface area contributed by atoms with Crippen LogP contribution in [0.2, 0.25) is 5.02 Å². The number of amides is 4. The molecule has 4 aliphatic heterocycles. The number of aliphatic carboxylic acids is 1. The van der Waals surface area contributed by atoms with Crippen molar-refractivity contribution < 1.29 is 42.2 Å². The number of carbonyl (C=O) groups is 4. The van der Waals surface area contributed by atoms with Crippen molar-refractivity contribution in [3.8, 4) is 0 Å². The maximum Gasteiger partial charge on any atom is 0.418 e. The maximum atomic E-state index is 14.1. The third-order valence-corrected chi connectivity index (χ3v) is 11.8. The number of para-hydroxylation sites is 1. The van der Waals surface area contributed by atoms with Crippen LogP contribution in [0.4, 0.5) is 34.1 Å². The molecular formula is C38H48ClF3N6O6. The van der Waals surface area contributed by atoms with Crippen molar-refractivity contribution in [2.45, 2.75) is 76.1 Å². The number of urea groups is 1. The lowest BCUT2D eigenvalue weighted by molar-refractivity contribution is -0.143. The van der Waals surface area contributed by atoms with Crippen LogP contribution in [0.3, 0.4) is 0 Å². The molecule has 0 aromatic heterocycles. The van der Waals surface area contributed by atoms with Crippen molar-refractivity contribution in [1.29, 1.82) is 0 Å². The Morgan fingerprint density at radius 1 is 0.926 bits per heavy atom. The summed E-state index contributed by atoms with van der Waals surface area (Å²) in [5.41, 5.74) is 5.81. The topological polar surface area (TPSA) is 149 Å². The van der Waals surface area contributed by atoms with E-state index in [9.17, 15) is 32.3 Å². The van der Waals surface area contributed by atoms with Crippen LogP contribution in [0.15, 0.2) is 36.4 Å². The molecule has 0 saturated carbocycles. The predicted molar refractivity (Wildman–Crippen MR) is 196 cm³/mol. The van der Waals surface area contributed by atoms with E-state index in [1.54, 1.807) is 9.80 Å². The predicted octanol–water partition coefficient (Wildman–Crippen LogP) is 5.97. The summed E-state index contributed by atoms with van der Waals surface area (Å²) in [4.78, 5) is 58.8. The van der Waals surface area contributed by atoms with Gasteiger partial charge in [0.25, 0.3) is 5.91 Å². The number of carboxylic acid groups (broad SMARTS) is 1. The number of carboxylic acids is 1. The molecule has 1 unspecified atom stereocenters. The zero-order chi connectivity index (χ0) is 38.6. The summed E-state index contributed by atoms with van der Waals surface area (Å²) < 4.78 is 47.4. The molecule has 4 amide bonds. The third-order valence-electron chi connectivity index (χ3n) is 11.5. The maximum absolute atomic E-state index is 14.1. The standard InChI is InChI=1S/C38H48ClF3N6O6/c39-30-22-24(21-29(34(30)43)38(40,41)42)23-32(35(51)46-16-7-26(8-17-46)25-5-13-45(14-6-25)15-12-33(49)50)54-37(53)47-18-10-28(11-19-47)48-20-9-27-3-1-2-4-31(27)44-36(48)52/h1-4,21-22,25-26,28,32H,5-20,23,43H2,(H,44,52)(H,49,50). The lowest BCUT2D eigenvalue weighted by Gasteiger charge is -2.41. The quantitative estimate of drug-likeness (QED) is 0.264.